The number of hydrogen-bond acceptors (Lipinski definition) is 7. The van der Waals surface area contributed by atoms with Crippen LogP contribution in [-0.2, 0) is 13.2 Å². The normalized spacial score (nSPS) is 10.3. The van der Waals surface area contributed by atoms with Crippen molar-refractivity contribution in [2.75, 3.05) is 7.11 Å². The molecule has 0 saturated heterocycles. The number of benzene rings is 1. The number of aromatic nitrogens is 3. The lowest BCUT2D eigenvalue weighted by atomic mass is 10.2. The van der Waals surface area contributed by atoms with Gasteiger partial charge in [-0.3, -0.25) is 9.59 Å². The minimum atomic E-state index is -0.527. The molecule has 3 aromatic rings. The van der Waals surface area contributed by atoms with Gasteiger partial charge in [-0.25, -0.2) is 0 Å². The van der Waals surface area contributed by atoms with Crippen molar-refractivity contribution in [1.29, 1.82) is 0 Å². The summed E-state index contributed by atoms with van der Waals surface area (Å²) in [5.74, 6) is 1.38. The van der Waals surface area contributed by atoms with Crippen LogP contribution in [-0.4, -0.2) is 28.1 Å². The topological polar surface area (TPSA) is 119 Å². The first-order chi connectivity index (χ1) is 12.7. The van der Waals surface area contributed by atoms with Crippen molar-refractivity contribution in [1.82, 2.24) is 20.4 Å². The highest BCUT2D eigenvalue weighted by Gasteiger charge is 2.12. The van der Waals surface area contributed by atoms with Gasteiger partial charge in [-0.15, -0.1) is 0 Å². The zero-order valence-corrected chi connectivity index (χ0v) is 13.9. The predicted molar refractivity (Wildman–Crippen MR) is 89.9 cm³/mol. The Bertz CT molecular complexity index is 933. The van der Waals surface area contributed by atoms with Crippen molar-refractivity contribution in [3.8, 4) is 11.5 Å². The number of pyridine rings is 1. The number of hydrogen-bond donors (Lipinski definition) is 2. The maximum absolute atomic E-state index is 12.0. The molecule has 0 aliphatic heterocycles. The predicted octanol–water partition coefficient (Wildman–Crippen LogP) is 1.28. The molecule has 1 aromatic carbocycles. The molecule has 2 N–H and O–H groups in total. The van der Waals surface area contributed by atoms with Gasteiger partial charge >= 0.3 is 0 Å². The van der Waals surface area contributed by atoms with Crippen molar-refractivity contribution >= 4 is 5.91 Å². The molecule has 2 heterocycles. The Morgan fingerprint density at radius 3 is 2.73 bits per heavy atom. The molecule has 134 valence electrons. The zero-order chi connectivity index (χ0) is 18.4. The van der Waals surface area contributed by atoms with Crippen molar-refractivity contribution in [2.24, 2.45) is 0 Å². The number of methoxy groups -OCH3 is 1. The summed E-state index contributed by atoms with van der Waals surface area (Å²) in [5.41, 5.74) is -0.459. The summed E-state index contributed by atoms with van der Waals surface area (Å²) in [7, 11) is 1.59. The Kier molecular flexibility index (Phi) is 5.28. The summed E-state index contributed by atoms with van der Waals surface area (Å²) in [5, 5.41) is 6.32. The molecule has 2 aromatic heterocycles. The Hall–Kier alpha value is -3.62. The Morgan fingerprint density at radius 2 is 2.00 bits per heavy atom. The van der Waals surface area contributed by atoms with Gasteiger partial charge in [0.25, 0.3) is 11.5 Å². The van der Waals surface area contributed by atoms with E-state index in [1.54, 1.807) is 37.4 Å². The molecular formula is C17H16N4O5. The average molecular weight is 356 g/mol. The Balaban J connectivity index is 1.52. The fourth-order valence-electron chi connectivity index (χ4n) is 2.09. The number of ether oxygens (including phenoxy) is 2. The number of carbonyl (C=O) groups is 1. The second-order valence-corrected chi connectivity index (χ2v) is 5.16. The van der Waals surface area contributed by atoms with Gasteiger partial charge in [-0.2, -0.15) is 4.98 Å². The van der Waals surface area contributed by atoms with Gasteiger partial charge in [0.1, 0.15) is 17.1 Å². The van der Waals surface area contributed by atoms with E-state index in [1.165, 1.54) is 12.3 Å². The van der Waals surface area contributed by atoms with Gasteiger partial charge < -0.3 is 24.3 Å². The highest BCUT2D eigenvalue weighted by Crippen LogP contribution is 2.17. The lowest BCUT2D eigenvalue weighted by Crippen LogP contribution is -2.29. The van der Waals surface area contributed by atoms with Gasteiger partial charge in [0.05, 0.1) is 13.7 Å². The first kappa shape index (κ1) is 17.2. The minimum absolute atomic E-state index is 0.00268. The molecule has 0 saturated carbocycles. The molecule has 0 atom stereocenters. The van der Waals surface area contributed by atoms with Crippen LogP contribution in [0.2, 0.25) is 0 Å². The SMILES string of the molecule is COc1ccc(OCc2noc(CNC(=O)c3ccc[nH]c3=O)n2)cc1. The number of H-pyrrole nitrogens is 1. The second-order valence-electron chi connectivity index (χ2n) is 5.16. The number of rotatable bonds is 7. The van der Waals surface area contributed by atoms with Crippen molar-refractivity contribution in [3.05, 3.63) is 70.2 Å². The van der Waals surface area contributed by atoms with E-state index in [9.17, 15) is 9.59 Å². The maximum atomic E-state index is 12.0. The van der Waals surface area contributed by atoms with E-state index in [-0.39, 0.29) is 24.6 Å². The maximum Gasteiger partial charge on any atom is 0.260 e. The van der Waals surface area contributed by atoms with E-state index in [0.29, 0.717) is 11.6 Å². The monoisotopic (exact) mass is 356 g/mol. The number of carbonyl (C=O) groups excluding carboxylic acids is 1. The summed E-state index contributed by atoms with van der Waals surface area (Å²) < 4.78 is 15.7. The number of nitrogens with one attached hydrogen (secondary N) is 2. The first-order valence-corrected chi connectivity index (χ1v) is 7.70. The summed E-state index contributed by atoms with van der Waals surface area (Å²) in [4.78, 5) is 30.0. The molecule has 9 heteroatoms. The summed E-state index contributed by atoms with van der Waals surface area (Å²) in [6.07, 6.45) is 1.45. The van der Waals surface area contributed by atoms with Crippen LogP contribution in [0, 0.1) is 0 Å². The third-order valence-corrected chi connectivity index (χ3v) is 3.40. The van der Waals surface area contributed by atoms with Gasteiger partial charge in [0.2, 0.25) is 11.7 Å². The second kappa shape index (κ2) is 7.97. The van der Waals surface area contributed by atoms with E-state index in [1.807, 2.05) is 0 Å². The lowest BCUT2D eigenvalue weighted by Gasteiger charge is -2.04. The van der Waals surface area contributed by atoms with Crippen LogP contribution in [0.1, 0.15) is 22.1 Å². The Morgan fingerprint density at radius 1 is 1.23 bits per heavy atom. The van der Waals surface area contributed by atoms with E-state index >= 15 is 0 Å². The molecule has 0 fully saturated rings. The van der Waals surface area contributed by atoms with E-state index in [2.05, 4.69) is 20.4 Å². The van der Waals surface area contributed by atoms with Crippen molar-refractivity contribution < 1.29 is 18.8 Å². The van der Waals surface area contributed by atoms with Crippen LogP contribution < -0.4 is 20.3 Å². The van der Waals surface area contributed by atoms with Gasteiger partial charge in [-0.05, 0) is 36.4 Å². The van der Waals surface area contributed by atoms with Gasteiger partial charge in [0.15, 0.2) is 6.61 Å². The smallest absolute Gasteiger partial charge is 0.260 e. The summed E-state index contributed by atoms with van der Waals surface area (Å²) in [6.45, 7) is 0.116. The molecular weight excluding hydrogens is 340 g/mol. The molecule has 0 radical (unpaired) electrons. The summed E-state index contributed by atoms with van der Waals surface area (Å²) >= 11 is 0. The molecule has 9 nitrogen and oxygen atoms in total. The van der Waals surface area contributed by atoms with Crippen LogP contribution in [0.15, 0.2) is 51.9 Å². The average Bonchev–Trinajstić information content (AvgIpc) is 3.13. The lowest BCUT2D eigenvalue weighted by molar-refractivity contribution is 0.0944. The van der Waals surface area contributed by atoms with Crippen molar-refractivity contribution in [2.45, 2.75) is 13.2 Å². The fraction of sp³-hybridized carbons (Fsp3) is 0.176. The number of aromatic amines is 1. The number of amides is 1. The molecule has 0 aliphatic rings. The van der Waals surface area contributed by atoms with Crippen LogP contribution in [0.25, 0.3) is 0 Å². The molecule has 3 rings (SSSR count). The van der Waals surface area contributed by atoms with Gasteiger partial charge in [-0.1, -0.05) is 5.16 Å². The first-order valence-electron chi connectivity index (χ1n) is 7.70. The van der Waals surface area contributed by atoms with Crippen LogP contribution in [0.5, 0.6) is 11.5 Å². The standard InChI is InChI=1S/C17H16N4O5/c1-24-11-4-6-12(7-5-11)25-10-14-20-15(26-21-14)9-19-17(23)13-3-2-8-18-16(13)22/h2-8H,9-10H2,1H3,(H,18,22)(H,19,23). The van der Waals surface area contributed by atoms with Crippen LogP contribution >= 0.6 is 0 Å². The third kappa shape index (κ3) is 4.26. The van der Waals surface area contributed by atoms with Gasteiger partial charge in [0, 0.05) is 6.20 Å². The molecule has 0 aliphatic carbocycles. The quantitative estimate of drug-likeness (QED) is 0.654. The molecule has 1 amide bonds. The molecule has 0 spiro atoms. The molecule has 0 bridgehead atoms. The minimum Gasteiger partial charge on any atom is -0.497 e. The largest absolute Gasteiger partial charge is 0.497 e. The third-order valence-electron chi connectivity index (χ3n) is 3.40. The summed E-state index contributed by atoms with van der Waals surface area (Å²) in [6, 6.07) is 10.1. The Labute approximate surface area is 148 Å². The fourth-order valence-corrected chi connectivity index (χ4v) is 2.09. The van der Waals surface area contributed by atoms with Crippen LogP contribution in [0.3, 0.4) is 0 Å². The van der Waals surface area contributed by atoms with Crippen molar-refractivity contribution in [3.63, 3.8) is 0 Å². The van der Waals surface area contributed by atoms with E-state index in [0.717, 1.165) is 5.75 Å². The highest BCUT2D eigenvalue weighted by atomic mass is 16.5. The van der Waals surface area contributed by atoms with E-state index < -0.39 is 11.5 Å². The van der Waals surface area contributed by atoms with Crippen LogP contribution in [0.4, 0.5) is 0 Å². The molecule has 0 unspecified atom stereocenters. The number of nitrogens with zero attached hydrogens (tertiary/aromatic N) is 2. The van der Waals surface area contributed by atoms with E-state index in [4.69, 9.17) is 14.0 Å². The molecule has 26 heavy (non-hydrogen) atoms. The zero-order valence-electron chi connectivity index (χ0n) is 13.9. The highest BCUT2D eigenvalue weighted by molar-refractivity contribution is 5.93.